The average molecular weight is 159 g/mol. The van der Waals surface area contributed by atoms with Gasteiger partial charge in [0.15, 0.2) is 0 Å². The van der Waals surface area contributed by atoms with Gasteiger partial charge in [0, 0.05) is 0 Å². The SMILES string of the molecule is C=C1C=CC(C(F)(F)F)=C[CH-]1. The van der Waals surface area contributed by atoms with Crippen molar-refractivity contribution in [2.75, 3.05) is 0 Å². The summed E-state index contributed by atoms with van der Waals surface area (Å²) in [6.45, 7) is 3.48. The number of alkyl halides is 3. The number of rotatable bonds is 0. The molecule has 0 N–H and O–H groups in total. The Morgan fingerprint density at radius 3 is 2.27 bits per heavy atom. The molecule has 0 aromatic rings. The van der Waals surface area contributed by atoms with E-state index in [4.69, 9.17) is 0 Å². The van der Waals surface area contributed by atoms with E-state index in [1.54, 1.807) is 0 Å². The van der Waals surface area contributed by atoms with Crippen LogP contribution in [0.1, 0.15) is 0 Å². The standard InChI is InChI=1S/C8H6F3/c1-6-2-4-7(5-3-6)8(9,10)11/h2-5H,1H2/q-1. The van der Waals surface area contributed by atoms with Crippen LogP contribution in [0, 0.1) is 6.42 Å². The molecular weight excluding hydrogens is 153 g/mol. The zero-order chi connectivity index (χ0) is 8.48. The van der Waals surface area contributed by atoms with Crippen LogP contribution in [0.15, 0.2) is 36.0 Å². The highest BCUT2D eigenvalue weighted by Crippen LogP contribution is 2.29. The minimum atomic E-state index is -4.24. The predicted molar refractivity (Wildman–Crippen MR) is 36.7 cm³/mol. The van der Waals surface area contributed by atoms with Crippen LogP contribution in [0.25, 0.3) is 0 Å². The van der Waals surface area contributed by atoms with Gasteiger partial charge in [-0.05, 0) is 5.57 Å². The summed E-state index contributed by atoms with van der Waals surface area (Å²) in [5.74, 6) is 0. The molecule has 0 nitrogen and oxygen atoms in total. The van der Waals surface area contributed by atoms with Gasteiger partial charge in [-0.25, -0.2) is 0 Å². The smallest absolute Gasteiger partial charge is 0.176 e. The van der Waals surface area contributed by atoms with Gasteiger partial charge in [0.25, 0.3) is 0 Å². The largest absolute Gasteiger partial charge is 0.381 e. The van der Waals surface area contributed by atoms with E-state index in [1.165, 1.54) is 12.5 Å². The first-order valence-corrected chi connectivity index (χ1v) is 2.99. The minimum Gasteiger partial charge on any atom is -0.176 e. The topological polar surface area (TPSA) is 0 Å². The molecule has 11 heavy (non-hydrogen) atoms. The number of halogens is 3. The summed E-state index contributed by atoms with van der Waals surface area (Å²) < 4.78 is 35.7. The fourth-order valence-corrected chi connectivity index (χ4v) is 0.694. The molecule has 0 fully saturated rings. The summed E-state index contributed by atoms with van der Waals surface area (Å²) >= 11 is 0. The van der Waals surface area contributed by atoms with Gasteiger partial charge in [0.05, 0.1) is 0 Å². The summed E-state index contributed by atoms with van der Waals surface area (Å²) in [6, 6.07) is 0. The molecule has 0 saturated carbocycles. The zero-order valence-electron chi connectivity index (χ0n) is 5.65. The second-order valence-corrected chi connectivity index (χ2v) is 2.19. The Morgan fingerprint density at radius 2 is 1.91 bits per heavy atom. The Bertz CT molecular complexity index is 230. The van der Waals surface area contributed by atoms with Crippen molar-refractivity contribution >= 4 is 0 Å². The van der Waals surface area contributed by atoms with E-state index < -0.39 is 11.7 Å². The Balaban J connectivity index is 2.79. The molecule has 1 aliphatic carbocycles. The van der Waals surface area contributed by atoms with Gasteiger partial charge in [0.1, 0.15) is 0 Å². The predicted octanol–water partition coefficient (Wildman–Crippen LogP) is 2.81. The van der Waals surface area contributed by atoms with Gasteiger partial charge in [-0.1, -0.05) is 0 Å². The van der Waals surface area contributed by atoms with Crippen LogP contribution in [0.5, 0.6) is 0 Å². The van der Waals surface area contributed by atoms with E-state index in [2.05, 4.69) is 6.58 Å². The van der Waals surface area contributed by atoms with Crippen LogP contribution in [0.2, 0.25) is 0 Å². The molecule has 0 saturated heterocycles. The van der Waals surface area contributed by atoms with Crippen LogP contribution in [0.4, 0.5) is 13.2 Å². The normalized spacial score (nSPS) is 17.7. The number of hydrogen-bond acceptors (Lipinski definition) is 0. The molecule has 0 aliphatic heterocycles. The molecule has 0 heterocycles. The molecule has 0 spiro atoms. The van der Waals surface area contributed by atoms with E-state index in [0.29, 0.717) is 5.57 Å². The van der Waals surface area contributed by atoms with Gasteiger partial charge in [-0.3, -0.25) is 0 Å². The fourth-order valence-electron chi connectivity index (χ4n) is 0.694. The minimum absolute atomic E-state index is 0.581. The summed E-state index contributed by atoms with van der Waals surface area (Å²) in [6.07, 6.45) is 0.462. The van der Waals surface area contributed by atoms with Crippen molar-refractivity contribution in [3.63, 3.8) is 0 Å². The average Bonchev–Trinajstić information content (AvgIpc) is 1.86. The molecule has 1 rings (SSSR count). The maximum Gasteiger partial charge on any atom is 0.381 e. The zero-order valence-corrected chi connectivity index (χ0v) is 5.65. The molecule has 0 bridgehead atoms. The highest BCUT2D eigenvalue weighted by molar-refractivity contribution is 5.43. The Kier molecular flexibility index (Phi) is 1.81. The van der Waals surface area contributed by atoms with Crippen LogP contribution in [-0.2, 0) is 0 Å². The molecular formula is C8H6F3-. The third kappa shape index (κ3) is 1.90. The lowest BCUT2D eigenvalue weighted by atomic mass is 10.0. The van der Waals surface area contributed by atoms with Crippen molar-refractivity contribution in [1.82, 2.24) is 0 Å². The maximum atomic E-state index is 11.9. The van der Waals surface area contributed by atoms with Crippen molar-refractivity contribution in [2.24, 2.45) is 0 Å². The van der Waals surface area contributed by atoms with E-state index >= 15 is 0 Å². The van der Waals surface area contributed by atoms with Crippen molar-refractivity contribution in [2.45, 2.75) is 6.18 Å². The summed E-state index contributed by atoms with van der Waals surface area (Å²) in [7, 11) is 0. The van der Waals surface area contributed by atoms with Crippen molar-refractivity contribution in [3.8, 4) is 0 Å². The monoisotopic (exact) mass is 159 g/mol. The Morgan fingerprint density at radius 1 is 1.27 bits per heavy atom. The van der Waals surface area contributed by atoms with Crippen molar-refractivity contribution < 1.29 is 13.2 Å². The van der Waals surface area contributed by atoms with E-state index in [9.17, 15) is 13.2 Å². The molecule has 1 aliphatic rings. The van der Waals surface area contributed by atoms with Gasteiger partial charge in [-0.2, -0.15) is 25.3 Å². The highest BCUT2D eigenvalue weighted by Gasteiger charge is 2.27. The van der Waals surface area contributed by atoms with Crippen molar-refractivity contribution in [3.05, 3.63) is 42.4 Å². The third-order valence-corrected chi connectivity index (χ3v) is 1.28. The van der Waals surface area contributed by atoms with Crippen LogP contribution >= 0.6 is 0 Å². The van der Waals surface area contributed by atoms with Crippen LogP contribution in [-0.4, -0.2) is 6.18 Å². The lowest BCUT2D eigenvalue weighted by Gasteiger charge is -2.17. The van der Waals surface area contributed by atoms with E-state index in [0.717, 1.165) is 12.2 Å². The summed E-state index contributed by atoms with van der Waals surface area (Å²) in [5, 5.41) is 0. The molecule has 0 amide bonds. The Labute approximate surface area is 62.7 Å². The first kappa shape index (κ1) is 7.98. The number of hydrogen-bond donors (Lipinski definition) is 0. The van der Waals surface area contributed by atoms with Gasteiger partial charge in [0.2, 0.25) is 0 Å². The van der Waals surface area contributed by atoms with Crippen molar-refractivity contribution in [1.29, 1.82) is 0 Å². The first-order chi connectivity index (χ1) is 5.00. The van der Waals surface area contributed by atoms with Gasteiger partial charge >= 0.3 is 6.18 Å². The highest BCUT2D eigenvalue weighted by atomic mass is 19.4. The lowest BCUT2D eigenvalue weighted by Crippen LogP contribution is -2.11. The summed E-state index contributed by atoms with van der Waals surface area (Å²) in [4.78, 5) is 0. The van der Waals surface area contributed by atoms with Crippen LogP contribution < -0.4 is 0 Å². The van der Waals surface area contributed by atoms with Gasteiger partial charge in [-0.15, -0.1) is 24.6 Å². The van der Waals surface area contributed by atoms with E-state index in [1.807, 2.05) is 0 Å². The van der Waals surface area contributed by atoms with E-state index in [-0.39, 0.29) is 0 Å². The molecule has 0 unspecified atom stereocenters. The second kappa shape index (κ2) is 2.49. The summed E-state index contributed by atoms with van der Waals surface area (Å²) in [5.41, 5.74) is -0.0529. The molecule has 0 atom stereocenters. The molecule has 0 aromatic carbocycles. The second-order valence-electron chi connectivity index (χ2n) is 2.19. The first-order valence-electron chi connectivity index (χ1n) is 2.99. The van der Waals surface area contributed by atoms with Gasteiger partial charge < -0.3 is 0 Å². The lowest BCUT2D eigenvalue weighted by molar-refractivity contribution is -0.0883. The third-order valence-electron chi connectivity index (χ3n) is 1.28. The van der Waals surface area contributed by atoms with Crippen LogP contribution in [0.3, 0.4) is 0 Å². The maximum absolute atomic E-state index is 11.9. The quantitative estimate of drug-likeness (QED) is 0.477. The molecule has 60 valence electrons. The fraction of sp³-hybridized carbons (Fsp3) is 0.125. The number of allylic oxidation sites excluding steroid dienone is 5. The Hall–Kier alpha value is -1.12. The molecule has 0 radical (unpaired) electrons. The molecule has 3 heteroatoms. The molecule has 0 aromatic heterocycles.